The minimum atomic E-state index is -3.25. The van der Waals surface area contributed by atoms with Crippen LogP contribution >= 0.6 is 0 Å². The molecule has 2 aliphatic heterocycles. The van der Waals surface area contributed by atoms with Crippen molar-refractivity contribution in [3.63, 3.8) is 0 Å². The largest absolute Gasteiger partial charge is 0.352 e. The zero-order chi connectivity index (χ0) is 19.6. The van der Waals surface area contributed by atoms with E-state index in [1.54, 1.807) is 4.90 Å². The number of carbonyl (C=O) groups is 2. The maximum Gasteiger partial charge on any atom is 0.222 e. The lowest BCUT2D eigenvalue weighted by Gasteiger charge is -2.37. The van der Waals surface area contributed by atoms with E-state index in [-0.39, 0.29) is 30.3 Å². The van der Waals surface area contributed by atoms with Gasteiger partial charge in [-0.25, -0.2) is 12.7 Å². The Hall–Kier alpha value is -1.93. The van der Waals surface area contributed by atoms with E-state index in [1.165, 1.54) is 23.0 Å². The first-order chi connectivity index (χ1) is 12.8. The smallest absolute Gasteiger partial charge is 0.222 e. The van der Waals surface area contributed by atoms with Gasteiger partial charge in [0.1, 0.15) is 0 Å². The number of nitrogens with one attached hydrogen (secondary N) is 1. The van der Waals surface area contributed by atoms with Crippen LogP contribution < -0.4 is 5.32 Å². The highest BCUT2D eigenvalue weighted by Gasteiger charge is 2.32. The maximum absolute atomic E-state index is 12.7. The summed E-state index contributed by atoms with van der Waals surface area (Å²) in [5.41, 5.74) is 2.20. The summed E-state index contributed by atoms with van der Waals surface area (Å²) in [5, 5.41) is 2.98. The van der Waals surface area contributed by atoms with E-state index < -0.39 is 10.0 Å². The molecule has 2 heterocycles. The Bertz CT molecular complexity index is 824. The van der Waals surface area contributed by atoms with Crippen LogP contribution in [0.5, 0.6) is 0 Å². The van der Waals surface area contributed by atoms with Crippen LogP contribution in [-0.4, -0.2) is 61.4 Å². The fourth-order valence-electron chi connectivity index (χ4n) is 4.07. The summed E-state index contributed by atoms with van der Waals surface area (Å²) in [6, 6.07) is 7.46. The number of amides is 2. The summed E-state index contributed by atoms with van der Waals surface area (Å²) in [6.07, 6.45) is 3.66. The van der Waals surface area contributed by atoms with E-state index >= 15 is 0 Å². The van der Waals surface area contributed by atoms with Gasteiger partial charge in [0, 0.05) is 32.6 Å². The second-order valence-corrected chi connectivity index (χ2v) is 9.39. The molecule has 2 amide bonds. The molecule has 3 rings (SSSR count). The molecule has 1 aromatic carbocycles. The van der Waals surface area contributed by atoms with Gasteiger partial charge in [-0.1, -0.05) is 24.3 Å². The van der Waals surface area contributed by atoms with Crippen molar-refractivity contribution in [2.75, 3.05) is 25.9 Å². The molecule has 0 radical (unpaired) electrons. The van der Waals surface area contributed by atoms with Crippen molar-refractivity contribution >= 4 is 21.8 Å². The summed E-state index contributed by atoms with van der Waals surface area (Å²) in [6.45, 7) is 2.95. The molecule has 8 heteroatoms. The molecule has 7 nitrogen and oxygen atoms in total. The highest BCUT2D eigenvalue weighted by molar-refractivity contribution is 7.88. The third kappa shape index (κ3) is 4.68. The Morgan fingerprint density at radius 3 is 2.67 bits per heavy atom. The monoisotopic (exact) mass is 393 g/mol. The SMILES string of the molecule is CC(=O)N1CCc2ccccc2C1CC(=O)NC1CCCN(S(C)(=O)=O)C1. The molecular formula is C19H27N3O4S. The molecular weight excluding hydrogens is 366 g/mol. The van der Waals surface area contributed by atoms with Crippen LogP contribution in [0.15, 0.2) is 24.3 Å². The Balaban J connectivity index is 1.69. The van der Waals surface area contributed by atoms with Gasteiger partial charge >= 0.3 is 0 Å². The summed E-state index contributed by atoms with van der Waals surface area (Å²) in [7, 11) is -3.25. The molecule has 1 saturated heterocycles. The molecule has 0 spiro atoms. The van der Waals surface area contributed by atoms with E-state index in [4.69, 9.17) is 0 Å². The van der Waals surface area contributed by atoms with Crippen LogP contribution in [0.3, 0.4) is 0 Å². The second-order valence-electron chi connectivity index (χ2n) is 7.41. The number of piperidine rings is 1. The first-order valence-electron chi connectivity index (χ1n) is 9.35. The van der Waals surface area contributed by atoms with Gasteiger partial charge in [0.25, 0.3) is 0 Å². The number of hydrogen-bond acceptors (Lipinski definition) is 4. The van der Waals surface area contributed by atoms with E-state index in [0.717, 1.165) is 24.8 Å². The third-order valence-corrected chi connectivity index (χ3v) is 6.68. The van der Waals surface area contributed by atoms with Crippen molar-refractivity contribution in [1.29, 1.82) is 0 Å². The van der Waals surface area contributed by atoms with Gasteiger partial charge in [-0.15, -0.1) is 0 Å². The maximum atomic E-state index is 12.7. The van der Waals surface area contributed by atoms with Gasteiger partial charge in [-0.3, -0.25) is 9.59 Å². The summed E-state index contributed by atoms with van der Waals surface area (Å²) in [4.78, 5) is 26.5. The van der Waals surface area contributed by atoms with Crippen LogP contribution in [0.1, 0.15) is 43.4 Å². The fourth-order valence-corrected chi connectivity index (χ4v) is 4.98. The number of fused-ring (bicyclic) bond motifs is 1. The molecule has 1 aromatic rings. The first kappa shape index (κ1) is 19.8. The molecule has 0 saturated carbocycles. The van der Waals surface area contributed by atoms with E-state index in [2.05, 4.69) is 5.32 Å². The topological polar surface area (TPSA) is 86.8 Å². The number of sulfonamides is 1. The number of benzene rings is 1. The van der Waals surface area contributed by atoms with Crippen LogP contribution in [0.25, 0.3) is 0 Å². The van der Waals surface area contributed by atoms with Gasteiger partial charge in [-0.2, -0.15) is 0 Å². The Morgan fingerprint density at radius 2 is 1.96 bits per heavy atom. The number of hydrogen-bond donors (Lipinski definition) is 1. The number of carbonyl (C=O) groups excluding carboxylic acids is 2. The van der Waals surface area contributed by atoms with Gasteiger partial charge in [0.05, 0.1) is 18.7 Å². The molecule has 2 aliphatic rings. The Kier molecular flexibility index (Phi) is 5.86. The minimum Gasteiger partial charge on any atom is -0.352 e. The molecule has 27 heavy (non-hydrogen) atoms. The zero-order valence-corrected chi connectivity index (χ0v) is 16.7. The second kappa shape index (κ2) is 7.98. The van der Waals surface area contributed by atoms with Crippen molar-refractivity contribution < 1.29 is 18.0 Å². The van der Waals surface area contributed by atoms with Crippen LogP contribution in [0, 0.1) is 0 Å². The van der Waals surface area contributed by atoms with Crippen molar-refractivity contribution in [2.24, 2.45) is 0 Å². The molecule has 1 N–H and O–H groups in total. The van der Waals surface area contributed by atoms with E-state index in [1.807, 2.05) is 24.3 Å². The standard InChI is InChI=1S/C19H27N3O4S/c1-14(23)22-11-9-15-6-3-4-8-17(15)18(22)12-19(24)20-16-7-5-10-21(13-16)27(2,25)26/h3-4,6,8,16,18H,5,7,9-13H2,1-2H3,(H,20,24). The van der Waals surface area contributed by atoms with E-state index in [0.29, 0.717) is 19.6 Å². The summed E-state index contributed by atoms with van der Waals surface area (Å²) < 4.78 is 24.9. The molecule has 2 atom stereocenters. The quantitative estimate of drug-likeness (QED) is 0.829. The molecule has 148 valence electrons. The first-order valence-corrected chi connectivity index (χ1v) is 11.2. The Labute approximate surface area is 160 Å². The highest BCUT2D eigenvalue weighted by atomic mass is 32.2. The lowest BCUT2D eigenvalue weighted by molar-refractivity contribution is -0.133. The highest BCUT2D eigenvalue weighted by Crippen LogP contribution is 2.32. The van der Waals surface area contributed by atoms with Crippen molar-refractivity contribution in [2.45, 2.75) is 44.7 Å². The molecule has 0 aromatic heterocycles. The molecule has 0 bridgehead atoms. The zero-order valence-electron chi connectivity index (χ0n) is 15.8. The molecule has 0 aliphatic carbocycles. The number of nitrogens with zero attached hydrogens (tertiary/aromatic N) is 2. The van der Waals surface area contributed by atoms with Gasteiger partial charge < -0.3 is 10.2 Å². The van der Waals surface area contributed by atoms with Crippen LogP contribution in [0.4, 0.5) is 0 Å². The predicted octanol–water partition coefficient (Wildman–Crippen LogP) is 1.06. The van der Waals surface area contributed by atoms with Crippen LogP contribution in [-0.2, 0) is 26.0 Å². The third-order valence-electron chi connectivity index (χ3n) is 5.41. The van der Waals surface area contributed by atoms with Crippen LogP contribution in [0.2, 0.25) is 0 Å². The van der Waals surface area contributed by atoms with Gasteiger partial charge in [0.2, 0.25) is 21.8 Å². The van der Waals surface area contributed by atoms with Crippen molar-refractivity contribution in [3.8, 4) is 0 Å². The van der Waals surface area contributed by atoms with Crippen molar-refractivity contribution in [3.05, 3.63) is 35.4 Å². The normalized spacial score (nSPS) is 23.6. The molecule has 2 unspecified atom stereocenters. The predicted molar refractivity (Wildman–Crippen MR) is 102 cm³/mol. The average Bonchev–Trinajstić information content (AvgIpc) is 2.61. The van der Waals surface area contributed by atoms with E-state index in [9.17, 15) is 18.0 Å². The minimum absolute atomic E-state index is 0.0387. The molecule has 1 fully saturated rings. The van der Waals surface area contributed by atoms with Crippen molar-refractivity contribution in [1.82, 2.24) is 14.5 Å². The fraction of sp³-hybridized carbons (Fsp3) is 0.579. The lowest BCUT2D eigenvalue weighted by atomic mass is 9.90. The average molecular weight is 394 g/mol. The summed E-state index contributed by atoms with van der Waals surface area (Å²) >= 11 is 0. The Morgan fingerprint density at radius 1 is 1.22 bits per heavy atom. The lowest BCUT2D eigenvalue weighted by Crippen LogP contribution is -2.50. The van der Waals surface area contributed by atoms with Gasteiger partial charge in [-0.05, 0) is 30.4 Å². The van der Waals surface area contributed by atoms with Gasteiger partial charge in [0.15, 0.2) is 0 Å². The summed E-state index contributed by atoms with van der Waals surface area (Å²) in [5.74, 6) is -0.188. The number of rotatable bonds is 4.